The van der Waals surface area contributed by atoms with Crippen LogP contribution in [0.2, 0.25) is 0 Å². The first-order valence-electron chi connectivity index (χ1n) is 17.7. The monoisotopic (exact) mass is 645 g/mol. The zero-order valence-corrected chi connectivity index (χ0v) is 29.3. The molecule has 2 aromatic carbocycles. The van der Waals surface area contributed by atoms with E-state index in [9.17, 15) is 19.5 Å². The molecule has 0 saturated heterocycles. The largest absolute Gasteiger partial charge is 0.490 e. The van der Waals surface area contributed by atoms with Gasteiger partial charge < -0.3 is 25.0 Å². The van der Waals surface area contributed by atoms with Gasteiger partial charge in [-0.25, -0.2) is 0 Å². The van der Waals surface area contributed by atoms with Crippen molar-refractivity contribution in [3.63, 3.8) is 0 Å². The van der Waals surface area contributed by atoms with Crippen molar-refractivity contribution in [3.8, 4) is 5.75 Å². The van der Waals surface area contributed by atoms with Gasteiger partial charge in [0, 0.05) is 33.0 Å². The zero-order valence-electron chi connectivity index (χ0n) is 29.3. The number of para-hydroxylation sites is 1. The molecule has 2 aromatic rings. The minimum atomic E-state index is -1.53. The summed E-state index contributed by atoms with van der Waals surface area (Å²) in [6.45, 7) is 7.77. The lowest BCUT2D eigenvalue weighted by Gasteiger charge is -2.41. The smallest absolute Gasteiger partial charge is 0.248 e. The number of likely N-dealkylation sites (N-methyl/N-ethyl adjacent to an activating group) is 2. The Labute approximate surface area is 281 Å². The first-order valence-corrected chi connectivity index (χ1v) is 17.7. The van der Waals surface area contributed by atoms with Gasteiger partial charge in [-0.15, -0.1) is 0 Å². The molecule has 2 bridgehead atoms. The van der Waals surface area contributed by atoms with Gasteiger partial charge >= 0.3 is 0 Å². The molecule has 5 atom stereocenters. The number of aryl methyl sites for hydroxylation is 3. The first kappa shape index (κ1) is 34.9. The molecule has 2 aliphatic heterocycles. The third-order valence-corrected chi connectivity index (χ3v) is 10.7. The van der Waals surface area contributed by atoms with Gasteiger partial charge in [0.15, 0.2) is 0 Å². The minimum Gasteiger partial charge on any atom is -0.490 e. The van der Waals surface area contributed by atoms with Gasteiger partial charge in [0.1, 0.15) is 17.8 Å². The van der Waals surface area contributed by atoms with E-state index in [1.54, 1.807) is 27.9 Å². The number of ether oxygens (including phenoxy) is 1. The topological polar surface area (TPSA) is 99.2 Å². The highest BCUT2D eigenvalue weighted by atomic mass is 16.5. The Hall–Kier alpha value is -3.39. The fourth-order valence-electron chi connectivity index (χ4n) is 7.82. The number of hydrogen-bond donors (Lipinski definition) is 2. The van der Waals surface area contributed by atoms with Crippen LogP contribution in [0.5, 0.6) is 5.75 Å². The predicted molar refractivity (Wildman–Crippen MR) is 184 cm³/mol. The van der Waals surface area contributed by atoms with E-state index in [0.717, 1.165) is 80.2 Å². The quantitative estimate of drug-likeness (QED) is 0.463. The second-order valence-corrected chi connectivity index (χ2v) is 14.8. The Morgan fingerprint density at radius 3 is 2.21 bits per heavy atom. The van der Waals surface area contributed by atoms with E-state index in [1.807, 2.05) is 31.2 Å². The Kier molecular flexibility index (Phi) is 11.0. The molecule has 256 valence electrons. The van der Waals surface area contributed by atoms with Crippen LogP contribution >= 0.6 is 0 Å². The molecule has 1 aliphatic carbocycles. The zero-order chi connectivity index (χ0) is 33.9. The van der Waals surface area contributed by atoms with Crippen LogP contribution in [-0.4, -0.2) is 77.1 Å². The third kappa shape index (κ3) is 8.19. The Morgan fingerprint density at radius 1 is 0.894 bits per heavy atom. The molecule has 0 aromatic heterocycles. The number of amides is 3. The highest BCUT2D eigenvalue weighted by molar-refractivity contribution is 5.93. The summed E-state index contributed by atoms with van der Waals surface area (Å²) >= 11 is 0. The number of nitrogens with one attached hydrogen (secondary N) is 1. The number of rotatable bonds is 5. The van der Waals surface area contributed by atoms with Crippen molar-refractivity contribution < 1.29 is 24.2 Å². The number of benzene rings is 2. The van der Waals surface area contributed by atoms with E-state index in [2.05, 4.69) is 30.4 Å². The summed E-state index contributed by atoms with van der Waals surface area (Å²) in [7, 11) is 3.28. The summed E-state index contributed by atoms with van der Waals surface area (Å²) < 4.78 is 6.67. The first-order chi connectivity index (χ1) is 22.4. The van der Waals surface area contributed by atoms with Crippen LogP contribution in [0.3, 0.4) is 0 Å². The van der Waals surface area contributed by atoms with E-state index >= 15 is 0 Å². The summed E-state index contributed by atoms with van der Waals surface area (Å²) in [6, 6.07) is 12.4. The standard InChI is InChI=1S/C39H55N3O5/c1-7-27-19-21-31-22-20-30-11-8-10-29(34(30)47-31)12-9-23-40-36(43)32(24-26-15-13-25(2)14-16-26)41(5)38(45)35(39(3,4)46)42(6)37(44)33(27)28-17-18-28/h8,10-11,13-16,27-28,31-33,35,46H,7,9,12,17-24H2,1-6H3,(H,40,43)/t27?,31?,32?,33-,35+/m0/s1. The second-order valence-electron chi connectivity index (χ2n) is 14.8. The van der Waals surface area contributed by atoms with Gasteiger partial charge in [0.2, 0.25) is 17.7 Å². The summed E-state index contributed by atoms with van der Waals surface area (Å²) in [5.41, 5.74) is 2.91. The van der Waals surface area contributed by atoms with Gasteiger partial charge in [0.25, 0.3) is 0 Å². The normalized spacial score (nSPS) is 27.0. The SMILES string of the molecule is CCC1CCC2CCc3cccc(c3O2)CCCNC(=O)C(Cc2ccc(C)cc2)N(C)C(=O)[C@H](C(C)(C)O)N(C)C(=O)[C@@H]1C1CC1. The molecular weight excluding hydrogens is 590 g/mol. The summed E-state index contributed by atoms with van der Waals surface area (Å²) in [6.07, 6.45) is 8.43. The molecule has 5 rings (SSSR count). The summed E-state index contributed by atoms with van der Waals surface area (Å²) in [4.78, 5) is 45.7. The van der Waals surface area contributed by atoms with Crippen molar-refractivity contribution in [1.29, 1.82) is 0 Å². The van der Waals surface area contributed by atoms with E-state index < -0.39 is 23.6 Å². The lowest BCUT2D eigenvalue weighted by atomic mass is 9.80. The fourth-order valence-corrected chi connectivity index (χ4v) is 7.82. The maximum absolute atomic E-state index is 14.5. The maximum Gasteiger partial charge on any atom is 0.248 e. The molecule has 2 N–H and O–H groups in total. The molecule has 8 nitrogen and oxygen atoms in total. The number of hydrogen-bond acceptors (Lipinski definition) is 5. The van der Waals surface area contributed by atoms with Gasteiger partial charge in [-0.05, 0) is 101 Å². The summed E-state index contributed by atoms with van der Waals surface area (Å²) in [5, 5.41) is 14.5. The van der Waals surface area contributed by atoms with Gasteiger partial charge in [-0.1, -0.05) is 61.4 Å². The molecule has 1 saturated carbocycles. The Morgan fingerprint density at radius 2 is 1.57 bits per heavy atom. The van der Waals surface area contributed by atoms with Crippen LogP contribution in [-0.2, 0) is 33.6 Å². The summed E-state index contributed by atoms with van der Waals surface area (Å²) in [5.74, 6) is 0.398. The van der Waals surface area contributed by atoms with Crippen molar-refractivity contribution in [3.05, 3.63) is 64.7 Å². The average molecular weight is 646 g/mol. The van der Waals surface area contributed by atoms with E-state index in [1.165, 1.54) is 15.4 Å². The molecule has 0 radical (unpaired) electrons. The van der Waals surface area contributed by atoms with Crippen LogP contribution in [0.1, 0.15) is 88.0 Å². The van der Waals surface area contributed by atoms with Gasteiger partial charge in [-0.3, -0.25) is 14.4 Å². The predicted octanol–water partition coefficient (Wildman–Crippen LogP) is 5.25. The highest BCUT2D eigenvalue weighted by Gasteiger charge is 2.48. The number of carbonyl (C=O) groups is 3. The van der Waals surface area contributed by atoms with Crippen LogP contribution in [0.25, 0.3) is 0 Å². The number of nitrogens with zero attached hydrogens (tertiary/aromatic N) is 2. The molecule has 3 unspecified atom stereocenters. The van der Waals surface area contributed by atoms with Crippen molar-refractivity contribution >= 4 is 17.7 Å². The number of carbonyl (C=O) groups excluding carboxylic acids is 3. The van der Waals surface area contributed by atoms with E-state index in [-0.39, 0.29) is 35.7 Å². The third-order valence-electron chi connectivity index (χ3n) is 10.7. The Balaban J connectivity index is 1.50. The fraction of sp³-hybridized carbons (Fsp3) is 0.615. The number of aliphatic hydroxyl groups is 1. The molecular formula is C39H55N3O5. The van der Waals surface area contributed by atoms with Crippen molar-refractivity contribution in [2.75, 3.05) is 20.6 Å². The molecule has 1 fully saturated rings. The molecule has 3 amide bonds. The second kappa shape index (κ2) is 14.8. The van der Waals surface area contributed by atoms with E-state index in [0.29, 0.717) is 13.0 Å². The van der Waals surface area contributed by atoms with Crippen LogP contribution in [0.4, 0.5) is 0 Å². The molecule has 47 heavy (non-hydrogen) atoms. The molecule has 8 heteroatoms. The molecule has 3 aliphatic rings. The Bertz CT molecular complexity index is 1410. The van der Waals surface area contributed by atoms with Crippen molar-refractivity contribution in [2.45, 2.75) is 116 Å². The van der Waals surface area contributed by atoms with Crippen LogP contribution in [0.15, 0.2) is 42.5 Å². The lowest BCUT2D eigenvalue weighted by molar-refractivity contribution is -0.159. The van der Waals surface area contributed by atoms with Gasteiger partial charge in [-0.2, -0.15) is 0 Å². The number of fused-ring (bicyclic) bond motifs is 1. The molecule has 0 spiro atoms. The maximum atomic E-state index is 14.5. The van der Waals surface area contributed by atoms with Gasteiger partial charge in [0.05, 0.1) is 11.7 Å². The van der Waals surface area contributed by atoms with Crippen molar-refractivity contribution in [1.82, 2.24) is 15.1 Å². The van der Waals surface area contributed by atoms with E-state index in [4.69, 9.17) is 4.74 Å². The highest BCUT2D eigenvalue weighted by Crippen LogP contribution is 2.45. The molecule has 2 heterocycles. The lowest BCUT2D eigenvalue weighted by Crippen LogP contribution is -2.62. The minimum absolute atomic E-state index is 0.0917. The van der Waals surface area contributed by atoms with Crippen LogP contribution < -0.4 is 10.1 Å². The average Bonchev–Trinajstić information content (AvgIpc) is 3.88. The van der Waals surface area contributed by atoms with Crippen LogP contribution in [0, 0.1) is 24.7 Å². The van der Waals surface area contributed by atoms with Crippen molar-refractivity contribution in [2.24, 2.45) is 17.8 Å².